The molecule has 0 unspecified atom stereocenters. The number of aromatic nitrogens is 2. The zero-order chi connectivity index (χ0) is 32.0. The minimum absolute atomic E-state index is 0.0180. The van der Waals surface area contributed by atoms with Crippen molar-refractivity contribution in [3.63, 3.8) is 0 Å². The first-order valence-corrected chi connectivity index (χ1v) is 15.2. The summed E-state index contributed by atoms with van der Waals surface area (Å²) in [6.07, 6.45) is 2.05. The van der Waals surface area contributed by atoms with Crippen molar-refractivity contribution >= 4 is 17.7 Å². The number of hydrogen-bond donors (Lipinski definition) is 3. The predicted octanol–water partition coefficient (Wildman–Crippen LogP) is 1.08. The molecule has 6 rings (SSSR count). The summed E-state index contributed by atoms with van der Waals surface area (Å²) < 4.78 is 15.1. The number of fused-ring (bicyclic) bond motifs is 2. The van der Waals surface area contributed by atoms with Crippen molar-refractivity contribution in [1.29, 1.82) is 0 Å². The summed E-state index contributed by atoms with van der Waals surface area (Å²) in [6, 6.07) is 4.86. The molecular formula is C31H42FN7O5. The lowest BCUT2D eigenvalue weighted by Crippen LogP contribution is -2.61. The Morgan fingerprint density at radius 2 is 1.75 bits per heavy atom. The standard InChI is InChI=1S/C31H42FN7O5/c1-19(2)37-12-14-38(15-13-37)30-8-10-31(11-9-30,35-26(42)28(44)36(4)5)29-34-23(24(40)27(43)39(29)18-30)25(41)33-17-21-6-7-22(32)20(3)16-21/h6-7,16,19,40H,8-15,17-18H2,1-5H3,(H,33,41)(H,35,42). The van der Waals surface area contributed by atoms with Gasteiger partial charge in [0.25, 0.3) is 11.5 Å². The zero-order valence-electron chi connectivity index (χ0n) is 26.1. The monoisotopic (exact) mass is 611 g/mol. The van der Waals surface area contributed by atoms with Crippen molar-refractivity contribution < 1.29 is 23.9 Å². The number of aryl methyl sites for hydroxylation is 1. The van der Waals surface area contributed by atoms with Gasteiger partial charge in [-0.15, -0.1) is 0 Å². The fourth-order valence-corrected chi connectivity index (χ4v) is 6.90. The van der Waals surface area contributed by atoms with E-state index in [4.69, 9.17) is 0 Å². The van der Waals surface area contributed by atoms with E-state index in [9.17, 15) is 28.7 Å². The Morgan fingerprint density at radius 1 is 1.09 bits per heavy atom. The van der Waals surface area contributed by atoms with E-state index in [1.807, 2.05) is 0 Å². The van der Waals surface area contributed by atoms with E-state index in [-0.39, 0.29) is 24.7 Å². The van der Waals surface area contributed by atoms with Gasteiger partial charge in [0, 0.05) is 64.9 Å². The van der Waals surface area contributed by atoms with E-state index in [1.165, 1.54) is 35.7 Å². The molecule has 0 atom stereocenters. The molecule has 4 heterocycles. The van der Waals surface area contributed by atoms with Gasteiger partial charge < -0.3 is 20.6 Å². The lowest BCUT2D eigenvalue weighted by Gasteiger charge is -2.51. The van der Waals surface area contributed by atoms with E-state index >= 15 is 0 Å². The summed E-state index contributed by atoms with van der Waals surface area (Å²) in [5.41, 5.74) is -1.80. The van der Waals surface area contributed by atoms with Crippen LogP contribution < -0.4 is 16.2 Å². The maximum absolute atomic E-state index is 13.8. The number of halogens is 1. The fraction of sp³-hybridized carbons (Fsp3) is 0.581. The Balaban J connectivity index is 1.52. The van der Waals surface area contributed by atoms with Gasteiger partial charge in [-0.05, 0) is 63.6 Å². The number of piperazine rings is 1. The third kappa shape index (κ3) is 5.70. The predicted molar refractivity (Wildman–Crippen MR) is 160 cm³/mol. The number of nitrogens with one attached hydrogen (secondary N) is 2. The van der Waals surface area contributed by atoms with Gasteiger partial charge in [-0.2, -0.15) is 0 Å². The molecule has 0 radical (unpaired) electrons. The molecule has 2 fully saturated rings. The van der Waals surface area contributed by atoms with Crippen LogP contribution >= 0.6 is 0 Å². The molecule has 3 aliphatic heterocycles. The molecule has 3 N–H and O–H groups in total. The van der Waals surface area contributed by atoms with Crippen molar-refractivity contribution in [2.75, 3.05) is 40.3 Å². The second kappa shape index (κ2) is 11.9. The minimum atomic E-state index is -1.20. The Labute approximate surface area is 256 Å². The van der Waals surface area contributed by atoms with Crippen molar-refractivity contribution in [3.05, 3.63) is 57.0 Å². The normalized spacial score (nSPS) is 23.6. The first kappa shape index (κ1) is 31.6. The van der Waals surface area contributed by atoms with Crippen molar-refractivity contribution in [3.8, 4) is 5.75 Å². The summed E-state index contributed by atoms with van der Waals surface area (Å²) in [5.74, 6) is -3.36. The summed E-state index contributed by atoms with van der Waals surface area (Å²) in [6.45, 7) is 9.60. The van der Waals surface area contributed by atoms with Gasteiger partial charge in [0.2, 0.25) is 5.75 Å². The molecule has 1 aliphatic carbocycles. The number of aromatic hydroxyl groups is 1. The number of carbonyl (C=O) groups is 3. The second-order valence-electron chi connectivity index (χ2n) is 12.9. The van der Waals surface area contributed by atoms with Crippen LogP contribution in [0.2, 0.25) is 0 Å². The number of carbonyl (C=O) groups excluding carboxylic acids is 3. The van der Waals surface area contributed by atoms with Gasteiger partial charge >= 0.3 is 11.8 Å². The lowest BCUT2D eigenvalue weighted by atomic mass is 9.72. The van der Waals surface area contributed by atoms with E-state index in [0.717, 1.165) is 26.2 Å². The first-order valence-electron chi connectivity index (χ1n) is 15.2. The molecule has 3 amide bonds. The SMILES string of the molecule is Cc1cc(CNC(=O)c2nc3n(c(=O)c2O)CC2(N4CCN(C(C)C)CC4)CCC3(NC(=O)C(=O)N(C)C)CC2)ccc1F. The summed E-state index contributed by atoms with van der Waals surface area (Å²) in [4.78, 5) is 63.5. The quantitative estimate of drug-likeness (QED) is 0.413. The molecular weight excluding hydrogens is 569 g/mol. The minimum Gasteiger partial charge on any atom is -0.501 e. The maximum Gasteiger partial charge on any atom is 0.311 e. The van der Waals surface area contributed by atoms with Gasteiger partial charge in [0.15, 0.2) is 5.69 Å². The fourth-order valence-electron chi connectivity index (χ4n) is 6.90. The highest BCUT2D eigenvalue weighted by Gasteiger charge is 2.54. The number of likely N-dealkylation sites (N-methyl/N-ethyl adjacent to an activating group) is 1. The lowest BCUT2D eigenvalue weighted by molar-refractivity contribution is -0.145. The highest BCUT2D eigenvalue weighted by molar-refractivity contribution is 6.35. The molecule has 2 aromatic rings. The maximum atomic E-state index is 13.8. The number of benzene rings is 1. The van der Waals surface area contributed by atoms with Crippen LogP contribution in [-0.4, -0.2) is 98.9 Å². The van der Waals surface area contributed by atoms with E-state index in [0.29, 0.717) is 42.9 Å². The van der Waals surface area contributed by atoms with Crippen molar-refractivity contribution in [2.45, 2.75) is 76.7 Å². The topological polar surface area (TPSA) is 140 Å². The number of rotatable bonds is 6. The van der Waals surface area contributed by atoms with Gasteiger partial charge in [0.05, 0.1) is 5.54 Å². The average molecular weight is 612 g/mol. The smallest absolute Gasteiger partial charge is 0.311 e. The Hall–Kier alpha value is -3.84. The van der Waals surface area contributed by atoms with Crippen LogP contribution in [0, 0.1) is 12.7 Å². The van der Waals surface area contributed by atoms with E-state index in [1.54, 1.807) is 13.0 Å². The van der Waals surface area contributed by atoms with Crippen LogP contribution in [0.15, 0.2) is 23.0 Å². The molecule has 12 nitrogen and oxygen atoms in total. The van der Waals surface area contributed by atoms with Crippen LogP contribution in [-0.2, 0) is 28.2 Å². The van der Waals surface area contributed by atoms with Crippen LogP contribution in [0.1, 0.15) is 67.0 Å². The number of hydrogen-bond acceptors (Lipinski definition) is 8. The molecule has 1 aromatic heterocycles. The van der Waals surface area contributed by atoms with Crippen LogP contribution in [0.4, 0.5) is 4.39 Å². The molecule has 4 aliphatic rings. The van der Waals surface area contributed by atoms with Crippen LogP contribution in [0.3, 0.4) is 0 Å². The van der Waals surface area contributed by atoms with E-state index < -0.39 is 45.8 Å². The highest BCUT2D eigenvalue weighted by Crippen LogP contribution is 2.48. The third-order valence-electron chi connectivity index (χ3n) is 9.62. The third-order valence-corrected chi connectivity index (χ3v) is 9.62. The second-order valence-corrected chi connectivity index (χ2v) is 12.9. The molecule has 1 saturated heterocycles. The molecule has 13 heteroatoms. The Morgan fingerprint density at radius 3 is 2.34 bits per heavy atom. The van der Waals surface area contributed by atoms with Gasteiger partial charge in [0.1, 0.15) is 11.6 Å². The average Bonchev–Trinajstić information content (AvgIpc) is 3.22. The zero-order valence-corrected chi connectivity index (χ0v) is 26.1. The Bertz CT molecular complexity index is 1520. The van der Waals surface area contributed by atoms with Crippen LogP contribution in [0.5, 0.6) is 5.75 Å². The number of amides is 3. The first-order chi connectivity index (χ1) is 20.8. The highest BCUT2D eigenvalue weighted by atomic mass is 19.1. The summed E-state index contributed by atoms with van der Waals surface area (Å²) in [7, 11) is 2.96. The largest absolute Gasteiger partial charge is 0.501 e. The molecule has 1 saturated carbocycles. The summed E-state index contributed by atoms with van der Waals surface area (Å²) in [5, 5.41) is 16.6. The number of nitrogens with zero attached hydrogens (tertiary/aromatic N) is 5. The molecule has 44 heavy (non-hydrogen) atoms. The van der Waals surface area contributed by atoms with Crippen molar-refractivity contribution in [1.82, 2.24) is 34.9 Å². The van der Waals surface area contributed by atoms with Gasteiger partial charge in [-0.1, -0.05) is 12.1 Å². The van der Waals surface area contributed by atoms with Gasteiger partial charge in [-0.25, -0.2) is 9.37 Å². The molecule has 2 bridgehead atoms. The van der Waals surface area contributed by atoms with Crippen molar-refractivity contribution in [2.24, 2.45) is 0 Å². The Kier molecular flexibility index (Phi) is 8.56. The molecule has 1 aromatic carbocycles. The molecule has 0 spiro atoms. The van der Waals surface area contributed by atoms with Crippen LogP contribution in [0.25, 0.3) is 0 Å². The summed E-state index contributed by atoms with van der Waals surface area (Å²) >= 11 is 0. The molecule has 238 valence electrons. The van der Waals surface area contributed by atoms with Gasteiger partial charge in [-0.3, -0.25) is 33.5 Å². The van der Waals surface area contributed by atoms with E-state index in [2.05, 4.69) is 39.3 Å².